The number of carbonyl (C=O) groups excluding carboxylic acids is 3. The van der Waals surface area contributed by atoms with Gasteiger partial charge in [-0.05, 0) is 71.4 Å². The summed E-state index contributed by atoms with van der Waals surface area (Å²) in [6.07, 6.45) is 6.25. The van der Waals surface area contributed by atoms with Crippen LogP contribution < -0.4 is 14.8 Å². The Hall–Kier alpha value is -3.24. The Morgan fingerprint density at radius 3 is 2.46 bits per heavy atom. The Morgan fingerprint density at radius 2 is 1.84 bits per heavy atom. The van der Waals surface area contributed by atoms with Crippen molar-refractivity contribution in [1.29, 1.82) is 0 Å². The van der Waals surface area contributed by atoms with Crippen LogP contribution in [-0.2, 0) is 14.4 Å². The number of rotatable bonds is 8. The normalized spacial score (nSPS) is 23.7. The number of ether oxygens (including phenoxy) is 2. The molecule has 2 bridgehead atoms. The highest BCUT2D eigenvalue weighted by atomic mass is 79.9. The summed E-state index contributed by atoms with van der Waals surface area (Å²) in [6.45, 7) is 1.68. The molecule has 0 unspecified atom stereocenters. The number of nitrogens with zero attached hydrogens (tertiary/aromatic N) is 2. The molecule has 2 aliphatic carbocycles. The van der Waals surface area contributed by atoms with Gasteiger partial charge >= 0.3 is 0 Å². The third kappa shape index (κ3) is 4.75. The molecule has 11 heteroatoms. The van der Waals surface area contributed by atoms with Crippen molar-refractivity contribution in [3.8, 4) is 11.5 Å². The van der Waals surface area contributed by atoms with Crippen LogP contribution in [0.2, 0.25) is 5.02 Å². The number of hydrogen-bond acceptors (Lipinski definition) is 6. The largest absolute Gasteiger partial charge is 0.490 e. The van der Waals surface area contributed by atoms with Gasteiger partial charge in [-0.1, -0.05) is 23.8 Å². The lowest BCUT2D eigenvalue weighted by Crippen LogP contribution is -2.28. The number of amides is 3. The zero-order valence-corrected chi connectivity index (χ0v) is 22.0. The minimum atomic E-state index is -0.480. The lowest BCUT2D eigenvalue weighted by atomic mass is 9.85. The van der Waals surface area contributed by atoms with E-state index in [1.54, 1.807) is 13.0 Å². The molecule has 5 rings (SSSR count). The highest BCUT2D eigenvalue weighted by Gasteiger charge is 2.59. The minimum absolute atomic E-state index is 0.0917. The number of allylic oxidation sites excluding steroid dienone is 2. The van der Waals surface area contributed by atoms with Crippen LogP contribution in [-0.4, -0.2) is 42.2 Å². The van der Waals surface area contributed by atoms with E-state index in [0.29, 0.717) is 15.7 Å². The summed E-state index contributed by atoms with van der Waals surface area (Å²) < 4.78 is 24.8. The fourth-order valence-corrected chi connectivity index (χ4v) is 5.74. The second kappa shape index (κ2) is 10.3. The maximum Gasteiger partial charge on any atom is 0.262 e. The van der Waals surface area contributed by atoms with Gasteiger partial charge in [0.2, 0.25) is 0 Å². The molecule has 8 nitrogen and oxygen atoms in total. The second-order valence-electron chi connectivity index (χ2n) is 8.93. The first-order chi connectivity index (χ1) is 17.8. The smallest absolute Gasteiger partial charge is 0.262 e. The maximum absolute atomic E-state index is 13.1. The van der Waals surface area contributed by atoms with Crippen molar-refractivity contribution < 1.29 is 28.2 Å². The molecular formula is C26H22BrClFN3O5. The molecule has 3 amide bonds. The Morgan fingerprint density at radius 1 is 1.19 bits per heavy atom. The number of carbonyl (C=O) groups is 3. The minimum Gasteiger partial charge on any atom is -0.490 e. The zero-order chi connectivity index (χ0) is 26.3. The van der Waals surface area contributed by atoms with Gasteiger partial charge in [-0.3, -0.25) is 14.4 Å². The molecule has 4 atom stereocenters. The van der Waals surface area contributed by atoms with E-state index in [4.69, 9.17) is 21.1 Å². The molecule has 1 saturated carbocycles. The number of hydrogen-bond donors (Lipinski definition) is 1. The summed E-state index contributed by atoms with van der Waals surface area (Å²) in [6, 6.07) is 6.92. The van der Waals surface area contributed by atoms with E-state index in [0.717, 1.165) is 11.4 Å². The molecule has 192 valence electrons. The predicted octanol–water partition coefficient (Wildman–Crippen LogP) is 4.80. The molecule has 2 aromatic carbocycles. The standard InChI is InChI=1S/C26H22BrClFN3O5/c1-2-36-18-10-15(11-30-32-25(34)20-13-3-4-14(9-13)21(20)26(32)35)22(27)23(28)24(18)37-12-19(33)31-17-7-5-16(29)6-8-17/h3-8,10-11,13-14,20-21H,2,9,12H2,1H3,(H,31,33)/t13-,14-,20-,21+/m0/s1. The third-order valence-corrected chi connectivity index (χ3v) is 8.13. The zero-order valence-electron chi connectivity index (χ0n) is 19.6. The second-order valence-corrected chi connectivity index (χ2v) is 10.1. The van der Waals surface area contributed by atoms with Crippen molar-refractivity contribution in [2.75, 3.05) is 18.5 Å². The van der Waals surface area contributed by atoms with Gasteiger partial charge in [-0.25, -0.2) is 4.39 Å². The molecule has 1 heterocycles. The summed E-state index contributed by atoms with van der Waals surface area (Å²) in [7, 11) is 0. The summed E-state index contributed by atoms with van der Waals surface area (Å²) in [4.78, 5) is 38.1. The highest BCUT2D eigenvalue weighted by molar-refractivity contribution is 9.10. The van der Waals surface area contributed by atoms with E-state index in [9.17, 15) is 18.8 Å². The number of halogens is 3. The fraction of sp³-hybridized carbons (Fsp3) is 0.308. The highest BCUT2D eigenvalue weighted by Crippen LogP contribution is 2.52. The maximum atomic E-state index is 13.1. The third-order valence-electron chi connectivity index (χ3n) is 6.69. The van der Waals surface area contributed by atoms with Crippen LogP contribution in [0.3, 0.4) is 0 Å². The quantitative estimate of drug-likeness (QED) is 0.271. The molecule has 0 radical (unpaired) electrons. The Labute approximate surface area is 225 Å². The van der Waals surface area contributed by atoms with Gasteiger partial charge in [0.1, 0.15) is 10.8 Å². The van der Waals surface area contributed by atoms with Gasteiger partial charge in [0.05, 0.1) is 24.7 Å². The first-order valence-electron chi connectivity index (χ1n) is 11.7. The van der Waals surface area contributed by atoms with Crippen molar-refractivity contribution in [2.24, 2.45) is 28.8 Å². The molecule has 1 saturated heterocycles. The molecular weight excluding hydrogens is 569 g/mol. The summed E-state index contributed by atoms with van der Waals surface area (Å²) in [5.74, 6) is -1.59. The van der Waals surface area contributed by atoms with Gasteiger partial charge in [0.15, 0.2) is 18.1 Å². The predicted molar refractivity (Wildman–Crippen MR) is 138 cm³/mol. The Kier molecular flexibility index (Phi) is 7.04. The number of fused-ring (bicyclic) bond motifs is 5. The van der Waals surface area contributed by atoms with Gasteiger partial charge in [0.25, 0.3) is 17.7 Å². The number of imide groups is 1. The van der Waals surface area contributed by atoms with Crippen LogP contribution in [0.15, 0.2) is 52.1 Å². The number of nitrogens with one attached hydrogen (secondary N) is 1. The first kappa shape index (κ1) is 25.4. The number of benzene rings is 2. The van der Waals surface area contributed by atoms with Crippen LogP contribution >= 0.6 is 27.5 Å². The van der Waals surface area contributed by atoms with Crippen molar-refractivity contribution in [2.45, 2.75) is 13.3 Å². The summed E-state index contributed by atoms with van der Waals surface area (Å²) in [5.41, 5.74) is 0.869. The molecule has 2 aromatic rings. The SMILES string of the molecule is CCOc1cc(C=NN2C(=O)[C@@H]3[C@H](C2=O)[C@H]2C=C[C@H]3C2)c(Br)c(Cl)c1OCC(=O)Nc1ccc(F)cc1. The van der Waals surface area contributed by atoms with Gasteiger partial charge in [-0.15, -0.1) is 0 Å². The molecule has 0 aromatic heterocycles. The lowest BCUT2D eigenvalue weighted by Gasteiger charge is -2.16. The van der Waals surface area contributed by atoms with E-state index < -0.39 is 11.7 Å². The average molecular weight is 591 g/mol. The van der Waals surface area contributed by atoms with E-state index in [1.165, 1.54) is 30.5 Å². The van der Waals surface area contributed by atoms with Crippen LogP contribution in [0.5, 0.6) is 11.5 Å². The van der Waals surface area contributed by atoms with Gasteiger partial charge in [-0.2, -0.15) is 10.1 Å². The van der Waals surface area contributed by atoms with E-state index in [-0.39, 0.29) is 65.2 Å². The van der Waals surface area contributed by atoms with Gasteiger partial charge in [0, 0.05) is 15.7 Å². The first-order valence-corrected chi connectivity index (χ1v) is 12.9. The Bertz CT molecular complexity index is 1300. The van der Waals surface area contributed by atoms with Crippen molar-refractivity contribution in [1.82, 2.24) is 5.01 Å². The van der Waals surface area contributed by atoms with Crippen molar-refractivity contribution in [3.05, 3.63) is 63.4 Å². The molecule has 2 fully saturated rings. The number of anilines is 1. The number of hydrazone groups is 1. The van der Waals surface area contributed by atoms with Crippen LogP contribution in [0.25, 0.3) is 0 Å². The van der Waals surface area contributed by atoms with E-state index in [2.05, 4.69) is 26.3 Å². The lowest BCUT2D eigenvalue weighted by molar-refractivity contribution is -0.140. The van der Waals surface area contributed by atoms with Crippen molar-refractivity contribution in [3.63, 3.8) is 0 Å². The van der Waals surface area contributed by atoms with Crippen molar-refractivity contribution >= 4 is 57.2 Å². The van der Waals surface area contributed by atoms with Crippen LogP contribution in [0, 0.1) is 29.5 Å². The molecule has 1 N–H and O–H groups in total. The summed E-state index contributed by atoms with van der Waals surface area (Å²) >= 11 is 9.94. The molecule has 3 aliphatic rings. The van der Waals surface area contributed by atoms with Gasteiger partial charge < -0.3 is 14.8 Å². The molecule has 37 heavy (non-hydrogen) atoms. The van der Waals surface area contributed by atoms with Crippen LogP contribution in [0.1, 0.15) is 18.9 Å². The Balaban J connectivity index is 1.32. The van der Waals surface area contributed by atoms with E-state index >= 15 is 0 Å². The monoisotopic (exact) mass is 589 g/mol. The molecule has 0 spiro atoms. The fourth-order valence-electron chi connectivity index (χ4n) is 5.08. The van der Waals surface area contributed by atoms with E-state index in [1.807, 2.05) is 12.2 Å². The summed E-state index contributed by atoms with van der Waals surface area (Å²) in [5, 5.41) is 7.88. The average Bonchev–Trinajstić information content (AvgIpc) is 3.56. The topological polar surface area (TPSA) is 97.3 Å². The molecule has 1 aliphatic heterocycles. The van der Waals surface area contributed by atoms with Crippen LogP contribution in [0.4, 0.5) is 10.1 Å².